The Morgan fingerprint density at radius 2 is 2.03 bits per heavy atom. The number of H-pyrrole nitrogens is 1. The second-order valence-electron chi connectivity index (χ2n) is 7.94. The summed E-state index contributed by atoms with van der Waals surface area (Å²) in [5, 5.41) is 23.9. The van der Waals surface area contributed by atoms with Gasteiger partial charge in [0.15, 0.2) is 17.3 Å². The minimum Gasteiger partial charge on any atom is -0.417 e. The minimum atomic E-state index is -2.96. The highest BCUT2D eigenvalue weighted by Gasteiger charge is 2.27. The van der Waals surface area contributed by atoms with Crippen LogP contribution in [0.1, 0.15) is 24.3 Å². The lowest BCUT2D eigenvalue weighted by Gasteiger charge is -2.30. The zero-order chi connectivity index (χ0) is 23.5. The van der Waals surface area contributed by atoms with Crippen molar-refractivity contribution in [1.82, 2.24) is 29.9 Å². The van der Waals surface area contributed by atoms with Gasteiger partial charge in [0.2, 0.25) is 5.88 Å². The molecule has 1 unspecified atom stereocenters. The SMILES string of the molecule is OCC(c1ccccc1-n1ncc2ncc(Nc3cc(OC(F)F)[nH]n3)nc21)C1CCOCC1. The summed E-state index contributed by atoms with van der Waals surface area (Å²) in [6, 6.07) is 9.09. The van der Waals surface area contributed by atoms with Crippen molar-refractivity contribution in [2.45, 2.75) is 25.4 Å². The highest BCUT2D eigenvalue weighted by atomic mass is 19.3. The standard InChI is InChI=1S/C22H23F2N7O3/c23-22(24)34-20-9-18(29-30-20)27-19-11-25-16-10-26-31(21(16)28-19)17-4-2-1-3-14(17)15(12-32)13-5-7-33-8-6-13/h1-4,9-11,13,15,22,32H,5-8,12H2,(H2,27,28,29,30). The first-order valence-electron chi connectivity index (χ1n) is 10.9. The first kappa shape index (κ1) is 22.2. The Balaban J connectivity index is 1.47. The maximum atomic E-state index is 12.4. The molecule has 4 heterocycles. The first-order chi connectivity index (χ1) is 16.6. The summed E-state index contributed by atoms with van der Waals surface area (Å²) in [6.07, 6.45) is 4.89. The van der Waals surface area contributed by atoms with Crippen LogP contribution < -0.4 is 10.1 Å². The average molecular weight is 471 g/mol. The number of hydrogen-bond donors (Lipinski definition) is 3. The quantitative estimate of drug-likeness (QED) is 0.357. The van der Waals surface area contributed by atoms with E-state index >= 15 is 0 Å². The number of aliphatic hydroxyl groups is 1. The van der Waals surface area contributed by atoms with Gasteiger partial charge in [0, 0.05) is 25.2 Å². The summed E-state index contributed by atoms with van der Waals surface area (Å²) < 4.78 is 36.3. The summed E-state index contributed by atoms with van der Waals surface area (Å²) in [6.45, 7) is -1.57. The van der Waals surface area contributed by atoms with Gasteiger partial charge >= 0.3 is 6.61 Å². The topological polar surface area (TPSA) is 123 Å². The lowest BCUT2D eigenvalue weighted by molar-refractivity contribution is -0.0528. The number of benzene rings is 1. The fourth-order valence-corrected chi connectivity index (χ4v) is 4.31. The predicted molar refractivity (Wildman–Crippen MR) is 119 cm³/mol. The number of alkyl halides is 2. The molecule has 34 heavy (non-hydrogen) atoms. The van der Waals surface area contributed by atoms with E-state index in [0.717, 1.165) is 24.1 Å². The molecule has 0 bridgehead atoms. The van der Waals surface area contributed by atoms with Gasteiger partial charge in [-0.3, -0.25) is 0 Å². The van der Waals surface area contributed by atoms with Gasteiger partial charge in [-0.15, -0.1) is 0 Å². The first-order valence-corrected chi connectivity index (χ1v) is 10.9. The van der Waals surface area contributed by atoms with Crippen molar-refractivity contribution in [2.24, 2.45) is 5.92 Å². The van der Waals surface area contributed by atoms with E-state index in [-0.39, 0.29) is 24.2 Å². The molecule has 1 fully saturated rings. The van der Waals surface area contributed by atoms with Crippen molar-refractivity contribution >= 4 is 22.8 Å². The van der Waals surface area contributed by atoms with Crippen molar-refractivity contribution in [3.05, 3.63) is 48.3 Å². The molecule has 1 aliphatic rings. The molecule has 1 atom stereocenters. The largest absolute Gasteiger partial charge is 0.417 e. The van der Waals surface area contributed by atoms with Crippen LogP contribution in [0.3, 0.4) is 0 Å². The minimum absolute atomic E-state index is 0.0154. The van der Waals surface area contributed by atoms with Crippen LogP contribution in [-0.2, 0) is 4.74 Å². The van der Waals surface area contributed by atoms with E-state index < -0.39 is 6.61 Å². The molecule has 0 aliphatic carbocycles. The van der Waals surface area contributed by atoms with E-state index in [1.165, 1.54) is 12.3 Å². The summed E-state index contributed by atoms with van der Waals surface area (Å²) in [5.74, 6) is 0.662. The number of nitrogens with zero attached hydrogens (tertiary/aromatic N) is 5. The Hall–Kier alpha value is -3.64. The lowest BCUT2D eigenvalue weighted by atomic mass is 9.81. The molecule has 12 heteroatoms. The van der Waals surface area contributed by atoms with Gasteiger partial charge in [-0.25, -0.2) is 19.7 Å². The molecule has 4 aromatic rings. The molecule has 1 aliphatic heterocycles. The highest BCUT2D eigenvalue weighted by Crippen LogP contribution is 2.35. The second kappa shape index (κ2) is 9.69. The number of rotatable bonds is 8. The number of halogens is 2. The van der Waals surface area contributed by atoms with Gasteiger partial charge in [-0.1, -0.05) is 18.2 Å². The van der Waals surface area contributed by atoms with Crippen LogP contribution >= 0.6 is 0 Å². The van der Waals surface area contributed by atoms with Crippen molar-refractivity contribution in [2.75, 3.05) is 25.1 Å². The van der Waals surface area contributed by atoms with Crippen molar-refractivity contribution in [3.63, 3.8) is 0 Å². The Bertz CT molecular complexity index is 1260. The van der Waals surface area contributed by atoms with Crippen LogP contribution in [0.2, 0.25) is 0 Å². The Labute approximate surface area is 192 Å². The molecule has 0 spiro atoms. The molecule has 1 aromatic carbocycles. The number of anilines is 2. The summed E-state index contributed by atoms with van der Waals surface area (Å²) in [7, 11) is 0. The third-order valence-corrected chi connectivity index (χ3v) is 5.90. The normalized spacial score (nSPS) is 15.6. The van der Waals surface area contributed by atoms with E-state index in [4.69, 9.17) is 4.74 Å². The Kier molecular flexibility index (Phi) is 6.32. The van der Waals surface area contributed by atoms with Crippen LogP contribution in [0.4, 0.5) is 20.4 Å². The maximum absolute atomic E-state index is 12.4. The zero-order valence-electron chi connectivity index (χ0n) is 18.1. The lowest BCUT2D eigenvalue weighted by Crippen LogP contribution is -2.25. The Morgan fingerprint density at radius 1 is 1.21 bits per heavy atom. The molecule has 3 N–H and O–H groups in total. The van der Waals surface area contributed by atoms with E-state index in [9.17, 15) is 13.9 Å². The number of para-hydroxylation sites is 1. The molecule has 0 saturated carbocycles. The third kappa shape index (κ3) is 4.54. The summed E-state index contributed by atoms with van der Waals surface area (Å²) in [4.78, 5) is 9.02. The molecule has 178 valence electrons. The number of hydrogen-bond acceptors (Lipinski definition) is 8. The fourth-order valence-electron chi connectivity index (χ4n) is 4.31. The van der Waals surface area contributed by atoms with Gasteiger partial charge in [0.1, 0.15) is 5.52 Å². The molecular formula is C22H23F2N7O3. The average Bonchev–Trinajstić information content (AvgIpc) is 3.47. The van der Waals surface area contributed by atoms with Gasteiger partial charge in [-0.2, -0.15) is 19.0 Å². The van der Waals surface area contributed by atoms with E-state index in [0.29, 0.717) is 36.1 Å². The number of nitrogens with one attached hydrogen (secondary N) is 2. The molecule has 10 nitrogen and oxygen atoms in total. The Morgan fingerprint density at radius 3 is 2.82 bits per heavy atom. The zero-order valence-corrected chi connectivity index (χ0v) is 18.1. The predicted octanol–water partition coefficient (Wildman–Crippen LogP) is 3.39. The highest BCUT2D eigenvalue weighted by molar-refractivity contribution is 5.74. The van der Waals surface area contributed by atoms with Crippen LogP contribution in [0.25, 0.3) is 16.9 Å². The fraction of sp³-hybridized carbons (Fsp3) is 0.364. The van der Waals surface area contributed by atoms with Gasteiger partial charge in [0.25, 0.3) is 0 Å². The van der Waals surface area contributed by atoms with E-state index in [1.54, 1.807) is 10.9 Å². The molecule has 0 radical (unpaired) electrons. The molecule has 1 saturated heterocycles. The van der Waals surface area contributed by atoms with Crippen molar-refractivity contribution in [3.8, 4) is 11.6 Å². The second-order valence-corrected chi connectivity index (χ2v) is 7.94. The molecule has 3 aromatic heterocycles. The number of aromatic nitrogens is 6. The van der Waals surface area contributed by atoms with Gasteiger partial charge in [-0.05, 0) is 30.4 Å². The smallest absolute Gasteiger partial charge is 0.388 e. The molecule has 0 amide bonds. The molecular weight excluding hydrogens is 448 g/mol. The maximum Gasteiger partial charge on any atom is 0.388 e. The number of fused-ring (bicyclic) bond motifs is 1. The van der Waals surface area contributed by atoms with Gasteiger partial charge in [0.05, 0.1) is 24.7 Å². The summed E-state index contributed by atoms with van der Waals surface area (Å²) in [5.41, 5.74) is 2.86. The van der Waals surface area contributed by atoms with Crippen LogP contribution in [0.5, 0.6) is 5.88 Å². The third-order valence-electron chi connectivity index (χ3n) is 5.90. The number of aromatic amines is 1. The monoisotopic (exact) mass is 471 g/mol. The number of ether oxygens (including phenoxy) is 2. The van der Waals surface area contributed by atoms with Crippen LogP contribution in [0, 0.1) is 5.92 Å². The summed E-state index contributed by atoms with van der Waals surface area (Å²) >= 11 is 0. The number of aliphatic hydroxyl groups excluding tert-OH is 1. The van der Waals surface area contributed by atoms with Crippen LogP contribution in [-0.4, -0.2) is 61.5 Å². The van der Waals surface area contributed by atoms with E-state index in [1.807, 2.05) is 24.3 Å². The van der Waals surface area contributed by atoms with Gasteiger partial charge < -0.3 is 19.9 Å². The van der Waals surface area contributed by atoms with Crippen LogP contribution in [0.15, 0.2) is 42.7 Å². The van der Waals surface area contributed by atoms with E-state index in [2.05, 4.69) is 35.3 Å². The van der Waals surface area contributed by atoms with Crippen molar-refractivity contribution < 1.29 is 23.4 Å². The molecule has 5 rings (SSSR count). The van der Waals surface area contributed by atoms with Crippen molar-refractivity contribution in [1.29, 1.82) is 0 Å².